The van der Waals surface area contributed by atoms with Crippen molar-refractivity contribution in [2.24, 2.45) is 0 Å². The van der Waals surface area contributed by atoms with E-state index in [0.717, 1.165) is 18.4 Å². The molecule has 1 saturated heterocycles. The number of para-hydroxylation sites is 1. The van der Waals surface area contributed by atoms with Crippen LogP contribution in [0.1, 0.15) is 47.2 Å². The van der Waals surface area contributed by atoms with Crippen LogP contribution in [0, 0.1) is 6.92 Å². The van der Waals surface area contributed by atoms with Crippen molar-refractivity contribution in [3.8, 4) is 0 Å². The number of quaternary nitrogens is 1. The van der Waals surface area contributed by atoms with Crippen molar-refractivity contribution in [3.05, 3.63) is 65.2 Å². The number of ether oxygens (including phenoxy) is 2. The molecule has 3 rings (SSSR count). The quantitative estimate of drug-likeness (QED) is 0.360. The van der Waals surface area contributed by atoms with Gasteiger partial charge in [0.2, 0.25) is 0 Å². The van der Waals surface area contributed by atoms with Crippen LogP contribution in [-0.4, -0.2) is 79.5 Å². The monoisotopic (exact) mass is 567 g/mol. The molecule has 0 radical (unpaired) electrons. The molecule has 12 heteroatoms. The molecule has 40 heavy (non-hydrogen) atoms. The number of aryl methyl sites for hydroxylation is 1. The maximum atomic E-state index is 13.3. The van der Waals surface area contributed by atoms with E-state index < -0.39 is 18.1 Å². The minimum atomic E-state index is -5.08. The Hall–Kier alpha value is -3.93. The second-order valence-electron chi connectivity index (χ2n) is 9.46. The Balaban J connectivity index is 0.000000708. The van der Waals surface area contributed by atoms with Crippen LogP contribution in [-0.2, 0) is 23.9 Å². The highest BCUT2D eigenvalue weighted by Gasteiger charge is 2.40. The van der Waals surface area contributed by atoms with Crippen LogP contribution in [0.25, 0.3) is 0 Å². The number of anilines is 1. The third-order valence-electron chi connectivity index (χ3n) is 6.50. The van der Waals surface area contributed by atoms with Crippen LogP contribution in [0.3, 0.4) is 0 Å². The molecule has 1 aliphatic rings. The zero-order valence-corrected chi connectivity index (χ0v) is 22.6. The summed E-state index contributed by atoms with van der Waals surface area (Å²) in [5.41, 5.74) is 2.74. The summed E-state index contributed by atoms with van der Waals surface area (Å²) in [6, 6.07) is 15.4. The van der Waals surface area contributed by atoms with Gasteiger partial charge in [-0.05, 0) is 43.9 Å². The number of carboxylic acid groups (broad SMARTS) is 1. The lowest BCUT2D eigenvalue weighted by Crippen LogP contribution is -2.59. The molecular weight excluding hydrogens is 533 g/mol. The number of carbonyl (C=O) groups is 4. The van der Waals surface area contributed by atoms with Gasteiger partial charge in [-0.2, -0.15) is 13.2 Å². The van der Waals surface area contributed by atoms with Gasteiger partial charge in [0, 0.05) is 5.92 Å². The smallest absolute Gasteiger partial charge is 0.475 e. The summed E-state index contributed by atoms with van der Waals surface area (Å²) in [5, 5.41) is 10.0. The number of rotatable bonds is 8. The first kappa shape index (κ1) is 32.3. The average molecular weight is 568 g/mol. The standard InChI is InChI=1S/C26H32N2O5.C2HF3O2/c1-4-33-24(30)18-28(15-9-13-21(16-28)20-11-6-5-7-12-20)17-23(29)27-25-19(2)10-8-14-22(25)26(31)32-3;3-2(4,5)1(6)7/h5-8,10-12,14,21H,4,9,13,15-18H2,1-3H3;(H,6,7)/p+1. The lowest BCUT2D eigenvalue weighted by molar-refractivity contribution is -0.919. The number of halogens is 3. The predicted molar refractivity (Wildman–Crippen MR) is 140 cm³/mol. The number of carbonyl (C=O) groups excluding carboxylic acids is 3. The summed E-state index contributed by atoms with van der Waals surface area (Å²) in [5.74, 6) is -3.55. The van der Waals surface area contributed by atoms with E-state index in [1.54, 1.807) is 19.1 Å². The molecule has 2 aromatic carbocycles. The molecule has 0 aliphatic carbocycles. The van der Waals surface area contributed by atoms with Crippen molar-refractivity contribution >= 4 is 29.5 Å². The predicted octanol–water partition coefficient (Wildman–Crippen LogP) is 4.31. The van der Waals surface area contributed by atoms with Crippen molar-refractivity contribution in [3.63, 3.8) is 0 Å². The zero-order valence-electron chi connectivity index (χ0n) is 22.6. The number of hydrogen-bond donors (Lipinski definition) is 2. The molecule has 1 aliphatic heterocycles. The van der Waals surface area contributed by atoms with E-state index in [2.05, 4.69) is 17.4 Å². The van der Waals surface area contributed by atoms with E-state index >= 15 is 0 Å². The first-order valence-corrected chi connectivity index (χ1v) is 12.7. The molecule has 0 spiro atoms. The summed E-state index contributed by atoms with van der Waals surface area (Å²) in [7, 11) is 1.31. The maximum Gasteiger partial charge on any atom is 0.490 e. The molecule has 2 atom stereocenters. The van der Waals surface area contributed by atoms with Gasteiger partial charge in [-0.15, -0.1) is 0 Å². The van der Waals surface area contributed by atoms with Crippen LogP contribution < -0.4 is 5.32 Å². The lowest BCUT2D eigenvalue weighted by atomic mass is 9.89. The highest BCUT2D eigenvalue weighted by Crippen LogP contribution is 2.32. The Labute approximate surface area is 230 Å². The van der Waals surface area contributed by atoms with Crippen molar-refractivity contribution in [2.45, 2.75) is 38.8 Å². The molecule has 2 aromatic rings. The fourth-order valence-electron chi connectivity index (χ4n) is 4.74. The number of likely N-dealkylation sites (tertiary alicyclic amines) is 1. The highest BCUT2D eigenvalue weighted by atomic mass is 19.4. The van der Waals surface area contributed by atoms with Gasteiger partial charge in [0.15, 0.2) is 13.1 Å². The van der Waals surface area contributed by atoms with E-state index in [1.807, 2.05) is 31.2 Å². The Morgan fingerprint density at radius 3 is 2.27 bits per heavy atom. The normalized spacial score (nSPS) is 18.5. The summed E-state index contributed by atoms with van der Waals surface area (Å²) in [6.07, 6.45) is -3.16. The van der Waals surface area contributed by atoms with Gasteiger partial charge in [-0.25, -0.2) is 14.4 Å². The van der Waals surface area contributed by atoms with Crippen LogP contribution >= 0.6 is 0 Å². The average Bonchev–Trinajstić information content (AvgIpc) is 2.89. The second kappa shape index (κ2) is 14.5. The van der Waals surface area contributed by atoms with Crippen molar-refractivity contribution in [2.75, 3.05) is 45.2 Å². The number of esters is 2. The van der Waals surface area contributed by atoms with Crippen molar-refractivity contribution in [1.29, 1.82) is 0 Å². The van der Waals surface area contributed by atoms with Crippen LogP contribution in [0.5, 0.6) is 0 Å². The van der Waals surface area contributed by atoms with Crippen LogP contribution in [0.4, 0.5) is 18.9 Å². The van der Waals surface area contributed by atoms with Gasteiger partial charge in [-0.1, -0.05) is 42.5 Å². The molecule has 1 heterocycles. The van der Waals surface area contributed by atoms with E-state index in [1.165, 1.54) is 12.7 Å². The van der Waals surface area contributed by atoms with Crippen molar-refractivity contribution in [1.82, 2.24) is 0 Å². The Kier molecular flexibility index (Phi) is 11.7. The summed E-state index contributed by atoms with van der Waals surface area (Å²) in [6.45, 7) is 5.57. The minimum absolute atomic E-state index is 0.122. The van der Waals surface area contributed by atoms with E-state index in [9.17, 15) is 27.6 Å². The molecule has 0 saturated carbocycles. The van der Waals surface area contributed by atoms with E-state index in [-0.39, 0.29) is 30.9 Å². The number of methoxy groups -OCH3 is 1. The van der Waals surface area contributed by atoms with Crippen LogP contribution in [0.2, 0.25) is 0 Å². The number of hydrogen-bond acceptors (Lipinski definition) is 6. The van der Waals surface area contributed by atoms with E-state index in [0.29, 0.717) is 35.4 Å². The zero-order chi connectivity index (χ0) is 29.9. The Morgan fingerprint density at radius 2 is 1.70 bits per heavy atom. The minimum Gasteiger partial charge on any atom is -0.475 e. The fraction of sp³-hybridized carbons (Fsp3) is 0.429. The molecule has 2 N–H and O–H groups in total. The number of carboxylic acids is 1. The number of benzene rings is 2. The topological polar surface area (TPSA) is 119 Å². The molecule has 1 fully saturated rings. The third kappa shape index (κ3) is 9.37. The molecular formula is C28H34F3N2O7+. The Bertz CT molecular complexity index is 1190. The number of amides is 1. The van der Waals surface area contributed by atoms with Gasteiger partial charge >= 0.3 is 24.1 Å². The number of aliphatic carboxylic acids is 1. The number of piperidine rings is 1. The van der Waals surface area contributed by atoms with Gasteiger partial charge < -0.3 is 24.4 Å². The van der Waals surface area contributed by atoms with Gasteiger partial charge in [0.25, 0.3) is 5.91 Å². The molecule has 0 aromatic heterocycles. The number of alkyl halides is 3. The third-order valence-corrected chi connectivity index (χ3v) is 6.50. The van der Waals surface area contributed by atoms with Crippen LogP contribution in [0.15, 0.2) is 48.5 Å². The Morgan fingerprint density at radius 1 is 1.05 bits per heavy atom. The first-order chi connectivity index (χ1) is 18.8. The largest absolute Gasteiger partial charge is 0.490 e. The number of nitrogens with zero attached hydrogens (tertiary/aromatic N) is 1. The molecule has 1 amide bonds. The lowest BCUT2D eigenvalue weighted by Gasteiger charge is -2.43. The van der Waals surface area contributed by atoms with Gasteiger partial charge in [0.1, 0.15) is 0 Å². The molecule has 218 valence electrons. The SMILES string of the molecule is CCOC(=O)C[N+]1(CC(=O)Nc2c(C)cccc2C(=O)OC)CCCC(c2ccccc2)C1.O=C(O)C(F)(F)F. The number of nitrogens with one attached hydrogen (secondary N) is 1. The van der Waals surface area contributed by atoms with E-state index in [4.69, 9.17) is 19.4 Å². The van der Waals surface area contributed by atoms with Gasteiger partial charge in [-0.3, -0.25) is 4.79 Å². The second-order valence-corrected chi connectivity index (χ2v) is 9.46. The molecule has 0 bridgehead atoms. The highest BCUT2D eigenvalue weighted by molar-refractivity contribution is 6.02. The summed E-state index contributed by atoms with van der Waals surface area (Å²) < 4.78 is 42.2. The fourth-order valence-corrected chi connectivity index (χ4v) is 4.74. The summed E-state index contributed by atoms with van der Waals surface area (Å²) in [4.78, 5) is 46.9. The maximum absolute atomic E-state index is 13.3. The molecule has 2 unspecified atom stereocenters. The van der Waals surface area contributed by atoms with Gasteiger partial charge in [0.05, 0.1) is 38.1 Å². The first-order valence-electron chi connectivity index (χ1n) is 12.7. The van der Waals surface area contributed by atoms with Crippen molar-refractivity contribution < 1.29 is 51.4 Å². The molecule has 9 nitrogen and oxygen atoms in total. The summed E-state index contributed by atoms with van der Waals surface area (Å²) >= 11 is 0.